The van der Waals surface area contributed by atoms with Crippen LogP contribution in [0, 0.1) is 0 Å². The van der Waals surface area contributed by atoms with Gasteiger partial charge in [-0.25, -0.2) is 4.79 Å². The summed E-state index contributed by atoms with van der Waals surface area (Å²) in [6.45, 7) is 4.63. The minimum Gasteiger partial charge on any atom is -0.481 e. The van der Waals surface area contributed by atoms with Gasteiger partial charge in [0.25, 0.3) is 0 Å². The number of amides is 2. The molecule has 0 aromatic heterocycles. The van der Waals surface area contributed by atoms with E-state index in [4.69, 9.17) is 9.84 Å². The van der Waals surface area contributed by atoms with Gasteiger partial charge in [-0.3, -0.25) is 4.79 Å². The first-order valence-electron chi connectivity index (χ1n) is 5.64. The molecule has 0 heterocycles. The number of hydrogen-bond acceptors (Lipinski definition) is 3. The zero-order valence-corrected chi connectivity index (χ0v) is 10.7. The number of aliphatic carboxylic acids is 1. The zero-order chi connectivity index (χ0) is 13.3. The quantitative estimate of drug-likeness (QED) is 0.557. The van der Waals surface area contributed by atoms with Crippen LogP contribution in [0.5, 0.6) is 0 Å². The Kier molecular flexibility index (Phi) is 7.29. The topological polar surface area (TPSA) is 87.7 Å². The largest absolute Gasteiger partial charge is 0.481 e. The Morgan fingerprint density at radius 2 is 1.94 bits per heavy atom. The van der Waals surface area contributed by atoms with Crippen molar-refractivity contribution in [1.29, 1.82) is 0 Å². The molecule has 0 aromatic carbocycles. The van der Waals surface area contributed by atoms with E-state index in [9.17, 15) is 9.59 Å². The molecule has 0 aliphatic carbocycles. The number of nitrogens with one attached hydrogen (secondary N) is 2. The van der Waals surface area contributed by atoms with Gasteiger partial charge >= 0.3 is 12.0 Å². The van der Waals surface area contributed by atoms with Crippen molar-refractivity contribution in [3.63, 3.8) is 0 Å². The van der Waals surface area contributed by atoms with Crippen LogP contribution in [0.2, 0.25) is 0 Å². The molecule has 0 aliphatic rings. The molecule has 0 saturated carbocycles. The highest BCUT2D eigenvalue weighted by Crippen LogP contribution is 2.01. The van der Waals surface area contributed by atoms with Crippen molar-refractivity contribution < 1.29 is 19.4 Å². The monoisotopic (exact) mass is 246 g/mol. The van der Waals surface area contributed by atoms with Gasteiger partial charge in [-0.15, -0.1) is 0 Å². The summed E-state index contributed by atoms with van der Waals surface area (Å²) in [4.78, 5) is 21.7. The van der Waals surface area contributed by atoms with Gasteiger partial charge in [0.1, 0.15) is 0 Å². The van der Waals surface area contributed by atoms with E-state index < -0.39 is 11.5 Å². The molecule has 0 radical (unpaired) electrons. The molecule has 100 valence electrons. The van der Waals surface area contributed by atoms with Gasteiger partial charge in [0.05, 0.1) is 12.1 Å². The number of hydrogen-bond donors (Lipinski definition) is 3. The fraction of sp³-hybridized carbons (Fsp3) is 0.818. The van der Waals surface area contributed by atoms with Gasteiger partial charge in [0.15, 0.2) is 0 Å². The Morgan fingerprint density at radius 1 is 1.29 bits per heavy atom. The number of ether oxygens (including phenoxy) is 1. The van der Waals surface area contributed by atoms with Crippen LogP contribution < -0.4 is 10.6 Å². The normalized spacial score (nSPS) is 11.0. The Morgan fingerprint density at radius 3 is 2.47 bits per heavy atom. The third-order valence-corrected chi connectivity index (χ3v) is 2.06. The molecule has 6 heteroatoms. The number of urea groups is 1. The van der Waals surface area contributed by atoms with Crippen LogP contribution in [0.4, 0.5) is 4.79 Å². The smallest absolute Gasteiger partial charge is 0.315 e. The van der Waals surface area contributed by atoms with E-state index in [1.54, 1.807) is 7.11 Å². The van der Waals surface area contributed by atoms with E-state index in [1.807, 2.05) is 13.8 Å². The minimum atomic E-state index is -0.810. The van der Waals surface area contributed by atoms with Gasteiger partial charge in [-0.2, -0.15) is 0 Å². The van der Waals surface area contributed by atoms with E-state index in [0.717, 1.165) is 0 Å². The summed E-state index contributed by atoms with van der Waals surface area (Å²) in [5.41, 5.74) is -0.417. The number of carbonyl (C=O) groups excluding carboxylic acids is 1. The molecular weight excluding hydrogens is 224 g/mol. The lowest BCUT2D eigenvalue weighted by molar-refractivity contribution is -0.137. The van der Waals surface area contributed by atoms with Crippen LogP contribution in [0.1, 0.15) is 33.1 Å². The van der Waals surface area contributed by atoms with Crippen molar-refractivity contribution in [2.24, 2.45) is 0 Å². The molecule has 0 unspecified atom stereocenters. The SMILES string of the molecule is COCC(C)(C)NC(=O)NCCCCC(=O)O. The minimum absolute atomic E-state index is 0.137. The third-order valence-electron chi connectivity index (χ3n) is 2.06. The molecule has 0 rings (SSSR count). The number of carboxylic acid groups (broad SMARTS) is 1. The molecule has 0 spiro atoms. The van der Waals surface area contributed by atoms with Gasteiger partial charge in [0, 0.05) is 20.1 Å². The zero-order valence-electron chi connectivity index (χ0n) is 10.7. The van der Waals surface area contributed by atoms with Crippen molar-refractivity contribution in [3.8, 4) is 0 Å². The fourth-order valence-electron chi connectivity index (χ4n) is 1.35. The first-order chi connectivity index (χ1) is 7.87. The van der Waals surface area contributed by atoms with Crippen LogP contribution >= 0.6 is 0 Å². The van der Waals surface area contributed by atoms with Crippen LogP contribution in [-0.2, 0) is 9.53 Å². The highest BCUT2D eigenvalue weighted by atomic mass is 16.5. The summed E-state index contributed by atoms with van der Waals surface area (Å²) in [5, 5.41) is 13.9. The molecular formula is C11H22N2O4. The highest BCUT2D eigenvalue weighted by Gasteiger charge is 2.19. The molecule has 0 aliphatic heterocycles. The molecule has 6 nitrogen and oxygen atoms in total. The summed E-state index contributed by atoms with van der Waals surface area (Å²) in [5.74, 6) is -0.810. The van der Waals surface area contributed by atoms with Crippen LogP contribution in [-0.4, -0.2) is 42.9 Å². The molecule has 2 amide bonds. The second-order valence-corrected chi connectivity index (χ2v) is 4.55. The molecule has 0 bridgehead atoms. The summed E-state index contributed by atoms with van der Waals surface area (Å²) in [6.07, 6.45) is 1.36. The Balaban J connectivity index is 3.62. The lowest BCUT2D eigenvalue weighted by Gasteiger charge is -2.25. The average molecular weight is 246 g/mol. The van der Waals surface area contributed by atoms with E-state index in [0.29, 0.717) is 26.0 Å². The maximum atomic E-state index is 11.4. The predicted octanol–water partition coefficient (Wildman–Crippen LogP) is 0.965. The number of methoxy groups -OCH3 is 1. The predicted molar refractivity (Wildman–Crippen MR) is 64.0 cm³/mol. The van der Waals surface area contributed by atoms with Crippen molar-refractivity contribution in [3.05, 3.63) is 0 Å². The van der Waals surface area contributed by atoms with E-state index in [1.165, 1.54) is 0 Å². The summed E-state index contributed by atoms with van der Waals surface area (Å²) >= 11 is 0. The van der Waals surface area contributed by atoms with Crippen molar-refractivity contribution in [2.75, 3.05) is 20.3 Å². The molecule has 0 atom stereocenters. The van der Waals surface area contributed by atoms with E-state index in [2.05, 4.69) is 10.6 Å². The average Bonchev–Trinajstić information content (AvgIpc) is 2.15. The lowest BCUT2D eigenvalue weighted by Crippen LogP contribution is -2.51. The van der Waals surface area contributed by atoms with E-state index in [-0.39, 0.29) is 12.5 Å². The summed E-state index contributed by atoms with van der Waals surface area (Å²) < 4.78 is 4.97. The van der Waals surface area contributed by atoms with Crippen LogP contribution in [0.25, 0.3) is 0 Å². The maximum Gasteiger partial charge on any atom is 0.315 e. The Labute approximate surface area is 102 Å². The highest BCUT2D eigenvalue weighted by molar-refractivity contribution is 5.74. The van der Waals surface area contributed by atoms with Gasteiger partial charge in [-0.05, 0) is 26.7 Å². The second kappa shape index (κ2) is 7.89. The summed E-state index contributed by atoms with van der Waals surface area (Å²) in [7, 11) is 1.58. The lowest BCUT2D eigenvalue weighted by atomic mass is 10.1. The van der Waals surface area contributed by atoms with Crippen molar-refractivity contribution in [2.45, 2.75) is 38.6 Å². The number of carbonyl (C=O) groups is 2. The van der Waals surface area contributed by atoms with Crippen molar-refractivity contribution in [1.82, 2.24) is 10.6 Å². The van der Waals surface area contributed by atoms with Gasteiger partial charge in [-0.1, -0.05) is 0 Å². The molecule has 0 fully saturated rings. The van der Waals surface area contributed by atoms with Crippen molar-refractivity contribution >= 4 is 12.0 Å². The Bertz CT molecular complexity index is 254. The first-order valence-corrected chi connectivity index (χ1v) is 5.64. The van der Waals surface area contributed by atoms with Gasteiger partial charge in [0.2, 0.25) is 0 Å². The third kappa shape index (κ3) is 9.62. The maximum absolute atomic E-state index is 11.4. The fourth-order valence-corrected chi connectivity index (χ4v) is 1.35. The van der Waals surface area contributed by atoms with Crippen LogP contribution in [0.15, 0.2) is 0 Å². The number of carboxylic acids is 1. The molecule has 0 saturated heterocycles. The number of unbranched alkanes of at least 4 members (excludes halogenated alkanes) is 1. The van der Waals surface area contributed by atoms with Gasteiger partial charge < -0.3 is 20.5 Å². The summed E-state index contributed by atoms with van der Waals surface area (Å²) in [6, 6.07) is -0.262. The Hall–Kier alpha value is -1.30. The molecule has 17 heavy (non-hydrogen) atoms. The number of rotatable bonds is 8. The van der Waals surface area contributed by atoms with E-state index >= 15 is 0 Å². The standard InChI is InChI=1S/C11H22N2O4/c1-11(2,8-17-3)13-10(16)12-7-5-4-6-9(14)15/h4-8H2,1-3H3,(H,14,15)(H2,12,13,16). The van der Waals surface area contributed by atoms with Crippen LogP contribution in [0.3, 0.4) is 0 Å². The molecule has 3 N–H and O–H groups in total. The first kappa shape index (κ1) is 15.7. The molecule has 0 aromatic rings. The second-order valence-electron chi connectivity index (χ2n) is 4.55.